The van der Waals surface area contributed by atoms with Gasteiger partial charge in [0.25, 0.3) is 0 Å². The molecule has 0 aromatic heterocycles. The SMILES string of the molecule is C.CC(C)(C)c1cc(C=NC2CCCCC2N=Cc2cc(C(C)(C)C)cc(C(C)(C)C)c2O)c(O)c(C(C)(C)C)c1.[CH-]1CCCO1.[CH-]1CCCO1.[Cr]. The molecular formula is C45H72CrN2O4-2. The summed E-state index contributed by atoms with van der Waals surface area (Å²) < 4.78 is 9.64. The van der Waals surface area contributed by atoms with Crippen LogP contribution in [0.3, 0.4) is 0 Å². The first-order chi connectivity index (χ1) is 23.2. The summed E-state index contributed by atoms with van der Waals surface area (Å²) in [6.07, 6.45) is 12.7. The van der Waals surface area contributed by atoms with E-state index in [1.165, 1.54) is 24.0 Å². The van der Waals surface area contributed by atoms with Gasteiger partial charge in [0.2, 0.25) is 0 Å². The zero-order chi connectivity index (χ0) is 37.3. The van der Waals surface area contributed by atoms with Gasteiger partial charge in [0.1, 0.15) is 11.5 Å². The van der Waals surface area contributed by atoms with Crippen molar-refractivity contribution in [3.05, 3.63) is 70.9 Å². The Bertz CT molecular complexity index is 1300. The van der Waals surface area contributed by atoms with E-state index in [9.17, 15) is 10.2 Å². The van der Waals surface area contributed by atoms with Crippen molar-refractivity contribution >= 4 is 12.4 Å². The molecule has 294 valence electrons. The summed E-state index contributed by atoms with van der Waals surface area (Å²) in [7, 11) is 0. The zero-order valence-electron chi connectivity index (χ0n) is 33.9. The normalized spacial score (nSPS) is 19.7. The van der Waals surface area contributed by atoms with Crippen molar-refractivity contribution in [1.82, 2.24) is 0 Å². The average Bonchev–Trinajstić information content (AvgIpc) is 3.78. The molecule has 52 heavy (non-hydrogen) atoms. The van der Waals surface area contributed by atoms with Gasteiger partial charge in [0, 0.05) is 65.3 Å². The van der Waals surface area contributed by atoms with Crippen molar-refractivity contribution in [2.24, 2.45) is 9.98 Å². The number of benzene rings is 2. The summed E-state index contributed by atoms with van der Waals surface area (Å²) in [5.74, 6) is 0.637. The Balaban J connectivity index is 0.000000965. The van der Waals surface area contributed by atoms with Gasteiger partial charge in [0.05, 0.1) is 12.1 Å². The molecule has 2 heterocycles. The number of hydrogen-bond acceptors (Lipinski definition) is 6. The van der Waals surface area contributed by atoms with Gasteiger partial charge in [0.15, 0.2) is 0 Å². The second kappa shape index (κ2) is 20.5. The zero-order valence-corrected chi connectivity index (χ0v) is 35.1. The summed E-state index contributed by atoms with van der Waals surface area (Å²) in [5.41, 5.74) is 5.39. The van der Waals surface area contributed by atoms with E-state index in [-0.39, 0.29) is 58.5 Å². The van der Waals surface area contributed by atoms with Crippen molar-refractivity contribution in [3.8, 4) is 11.5 Å². The van der Waals surface area contributed by atoms with E-state index >= 15 is 0 Å². The summed E-state index contributed by atoms with van der Waals surface area (Å²) in [5, 5.41) is 22.5. The Morgan fingerprint density at radius 2 is 0.923 bits per heavy atom. The molecule has 0 bridgehead atoms. The number of aliphatic imine (C=N–C) groups is 2. The van der Waals surface area contributed by atoms with Gasteiger partial charge in [-0.15, -0.1) is 0 Å². The van der Waals surface area contributed by atoms with Crippen molar-refractivity contribution < 1.29 is 37.0 Å². The topological polar surface area (TPSA) is 83.6 Å². The van der Waals surface area contributed by atoms with Crippen LogP contribution in [0.25, 0.3) is 0 Å². The molecule has 2 N–H and O–H groups in total. The van der Waals surface area contributed by atoms with Gasteiger partial charge in [-0.25, -0.2) is 13.2 Å². The molecule has 1 saturated carbocycles. The molecule has 2 aromatic rings. The Kier molecular flexibility index (Phi) is 18.9. The maximum absolute atomic E-state index is 11.2. The minimum Gasteiger partial charge on any atom is -0.552 e. The van der Waals surface area contributed by atoms with Crippen LogP contribution in [0.5, 0.6) is 11.5 Å². The Morgan fingerprint density at radius 1 is 0.577 bits per heavy atom. The smallest absolute Gasteiger partial charge is 0.128 e. The van der Waals surface area contributed by atoms with E-state index in [1.807, 2.05) is 25.6 Å². The minimum absolute atomic E-state index is 0. The number of hydrogen-bond donors (Lipinski definition) is 2. The monoisotopic (exact) mass is 756 g/mol. The van der Waals surface area contributed by atoms with Crippen LogP contribution in [-0.2, 0) is 48.5 Å². The van der Waals surface area contributed by atoms with Crippen LogP contribution in [0.2, 0.25) is 0 Å². The minimum atomic E-state index is -0.179. The van der Waals surface area contributed by atoms with Crippen LogP contribution < -0.4 is 0 Å². The molecule has 1 aliphatic carbocycles. The Hall–Kier alpha value is -2.17. The first kappa shape index (κ1) is 47.9. The van der Waals surface area contributed by atoms with Crippen LogP contribution >= 0.6 is 0 Å². The van der Waals surface area contributed by atoms with Crippen LogP contribution in [0.1, 0.15) is 175 Å². The van der Waals surface area contributed by atoms with E-state index < -0.39 is 0 Å². The second-order valence-corrected chi connectivity index (χ2v) is 18.3. The molecule has 6 nitrogen and oxygen atoms in total. The molecule has 2 saturated heterocycles. The van der Waals surface area contributed by atoms with Crippen molar-refractivity contribution in [2.75, 3.05) is 13.2 Å². The third-order valence-electron chi connectivity index (χ3n) is 9.54. The van der Waals surface area contributed by atoms with E-state index in [0.29, 0.717) is 11.5 Å². The van der Waals surface area contributed by atoms with E-state index in [2.05, 4.69) is 107 Å². The van der Waals surface area contributed by atoms with E-state index in [1.54, 1.807) is 0 Å². The summed E-state index contributed by atoms with van der Waals surface area (Å²) in [6.45, 7) is 31.6. The Morgan fingerprint density at radius 3 is 1.15 bits per heavy atom. The number of phenolic OH excluding ortho intramolecular Hbond substituents is 2. The third kappa shape index (κ3) is 14.6. The number of rotatable bonds is 4. The number of ether oxygens (including phenoxy) is 2. The molecule has 2 aliphatic heterocycles. The standard InChI is InChI=1S/C36H54N2O2.2C4H7O.CH4.Cr/c1-33(2,3)25-17-23(31(39)27(19-25)35(7,8)9)21-37-29-15-13-14-16-30(29)38-22-24-18-26(34(4,5)6)20-28(32(24)40)36(10,11)12;2*1-2-4-5-3-1;;/h17-22,29-30,39-40H,13-16H2,1-12H3;2*3H,1-2,4H2;1H4;/q;2*-1;;. The number of nitrogens with zero attached hydrogens (tertiary/aromatic N) is 2. The van der Waals surface area contributed by atoms with Crippen LogP contribution in [0, 0.1) is 13.2 Å². The largest absolute Gasteiger partial charge is 0.552 e. The molecule has 3 fully saturated rings. The predicted molar refractivity (Wildman–Crippen MR) is 218 cm³/mol. The third-order valence-corrected chi connectivity index (χ3v) is 9.54. The first-order valence-corrected chi connectivity index (χ1v) is 18.9. The molecule has 3 aliphatic rings. The molecule has 0 radical (unpaired) electrons. The molecular weight excluding hydrogens is 685 g/mol. The maximum Gasteiger partial charge on any atom is 0.128 e. The summed E-state index contributed by atoms with van der Waals surface area (Å²) >= 11 is 0. The molecule has 0 amide bonds. The molecule has 0 spiro atoms. The summed E-state index contributed by atoms with van der Waals surface area (Å²) in [6, 6.07) is 8.53. The molecule has 2 atom stereocenters. The first-order valence-electron chi connectivity index (χ1n) is 18.9. The quantitative estimate of drug-likeness (QED) is 0.240. The number of phenols is 2. The molecule has 2 aromatic carbocycles. The van der Waals surface area contributed by atoms with E-state index in [0.717, 1.165) is 74.0 Å². The average molecular weight is 757 g/mol. The van der Waals surface area contributed by atoms with Crippen LogP contribution in [-0.4, -0.2) is 47.9 Å². The van der Waals surface area contributed by atoms with Crippen LogP contribution in [0.4, 0.5) is 0 Å². The molecule has 5 rings (SSSR count). The van der Waals surface area contributed by atoms with Crippen molar-refractivity contribution in [3.63, 3.8) is 0 Å². The second-order valence-electron chi connectivity index (χ2n) is 18.3. The molecule has 7 heteroatoms. The van der Waals surface area contributed by atoms with Crippen molar-refractivity contribution in [1.29, 1.82) is 0 Å². The Labute approximate surface area is 329 Å². The molecule has 2 unspecified atom stereocenters. The fourth-order valence-electron chi connectivity index (χ4n) is 6.15. The maximum atomic E-state index is 11.2. The fraction of sp³-hybridized carbons (Fsp3) is 0.644. The van der Waals surface area contributed by atoms with Gasteiger partial charge < -0.3 is 19.7 Å². The van der Waals surface area contributed by atoms with E-state index in [4.69, 9.17) is 19.5 Å². The van der Waals surface area contributed by atoms with Crippen molar-refractivity contribution in [2.45, 2.75) is 176 Å². The summed E-state index contributed by atoms with van der Waals surface area (Å²) in [4.78, 5) is 10.1. The van der Waals surface area contributed by atoms with Gasteiger partial charge in [-0.1, -0.05) is 128 Å². The fourth-order valence-corrected chi connectivity index (χ4v) is 6.15. The number of aromatic hydroxyl groups is 2. The van der Waals surface area contributed by atoms with Gasteiger partial charge >= 0.3 is 0 Å². The van der Waals surface area contributed by atoms with Gasteiger partial charge in [-0.05, 0) is 57.8 Å². The van der Waals surface area contributed by atoms with Crippen LogP contribution in [0.15, 0.2) is 34.3 Å². The van der Waals surface area contributed by atoms with Gasteiger partial charge in [-0.2, -0.15) is 12.8 Å². The predicted octanol–water partition coefficient (Wildman–Crippen LogP) is 11.7. The van der Waals surface area contributed by atoms with Gasteiger partial charge in [-0.3, -0.25) is 9.98 Å².